The molecule has 9 heteroatoms. The first-order chi connectivity index (χ1) is 14.1. The zero-order chi connectivity index (χ0) is 20.2. The summed E-state index contributed by atoms with van der Waals surface area (Å²) in [6.07, 6.45) is 5.39. The van der Waals surface area contributed by atoms with Gasteiger partial charge in [0, 0.05) is 61.0 Å². The van der Waals surface area contributed by atoms with Gasteiger partial charge in [0.2, 0.25) is 5.95 Å². The van der Waals surface area contributed by atoms with Crippen LogP contribution in [0.3, 0.4) is 0 Å². The smallest absolute Gasteiger partial charge is 0.270 e. The molecule has 1 aromatic carbocycles. The van der Waals surface area contributed by atoms with Gasteiger partial charge >= 0.3 is 0 Å². The lowest BCUT2D eigenvalue weighted by Crippen LogP contribution is -2.40. The van der Waals surface area contributed by atoms with E-state index < -0.39 is 4.92 Å². The third-order valence-electron chi connectivity index (χ3n) is 4.85. The van der Waals surface area contributed by atoms with E-state index in [2.05, 4.69) is 30.2 Å². The van der Waals surface area contributed by atoms with Crippen molar-refractivity contribution in [2.24, 2.45) is 0 Å². The fourth-order valence-corrected chi connectivity index (χ4v) is 3.42. The highest BCUT2D eigenvalue weighted by molar-refractivity contribution is 5.61. The van der Waals surface area contributed by atoms with Crippen LogP contribution in [0, 0.1) is 17.0 Å². The minimum absolute atomic E-state index is 0.0256. The van der Waals surface area contributed by atoms with Crippen LogP contribution in [0.15, 0.2) is 48.8 Å². The lowest BCUT2D eigenvalue weighted by molar-refractivity contribution is -0.384. The van der Waals surface area contributed by atoms with Crippen molar-refractivity contribution in [3.63, 3.8) is 0 Å². The van der Waals surface area contributed by atoms with E-state index >= 15 is 0 Å². The molecule has 0 atom stereocenters. The first kappa shape index (κ1) is 18.7. The van der Waals surface area contributed by atoms with Crippen LogP contribution in [-0.4, -0.2) is 44.0 Å². The Morgan fingerprint density at radius 2 is 1.86 bits per heavy atom. The Morgan fingerprint density at radius 1 is 1.10 bits per heavy atom. The highest BCUT2D eigenvalue weighted by atomic mass is 16.6. The molecule has 0 aliphatic carbocycles. The van der Waals surface area contributed by atoms with Gasteiger partial charge in [-0.2, -0.15) is 0 Å². The van der Waals surface area contributed by atoms with Crippen LogP contribution in [-0.2, 0) is 0 Å². The topological polar surface area (TPSA) is 110 Å². The molecule has 4 rings (SSSR count). The maximum atomic E-state index is 11.0. The molecule has 9 nitrogen and oxygen atoms in total. The summed E-state index contributed by atoms with van der Waals surface area (Å²) in [7, 11) is 0. The molecule has 0 amide bonds. The molecule has 1 N–H and O–H groups in total. The molecule has 29 heavy (non-hydrogen) atoms. The van der Waals surface area contributed by atoms with E-state index in [-0.39, 0.29) is 11.7 Å². The molecule has 148 valence electrons. The molecule has 3 heterocycles. The van der Waals surface area contributed by atoms with Crippen molar-refractivity contribution >= 4 is 17.5 Å². The summed E-state index contributed by atoms with van der Waals surface area (Å²) >= 11 is 0. The Morgan fingerprint density at radius 3 is 2.59 bits per heavy atom. The van der Waals surface area contributed by atoms with Crippen LogP contribution in [0.25, 0.3) is 11.4 Å². The molecular formula is C20H21N7O2. The van der Waals surface area contributed by atoms with E-state index in [0.29, 0.717) is 11.4 Å². The Balaban J connectivity index is 1.46. The summed E-state index contributed by atoms with van der Waals surface area (Å²) in [6, 6.07) is 10.4. The predicted octanol–water partition coefficient (Wildman–Crippen LogP) is 3.23. The van der Waals surface area contributed by atoms with Gasteiger partial charge in [0.25, 0.3) is 5.69 Å². The third-order valence-corrected chi connectivity index (χ3v) is 4.85. The number of hydrogen-bond acceptors (Lipinski definition) is 8. The summed E-state index contributed by atoms with van der Waals surface area (Å²) in [6.45, 7) is 3.62. The average Bonchev–Trinajstić information content (AvgIpc) is 2.74. The number of piperidine rings is 1. The van der Waals surface area contributed by atoms with E-state index in [9.17, 15) is 10.1 Å². The summed E-state index contributed by atoms with van der Waals surface area (Å²) in [4.78, 5) is 30.5. The first-order valence-electron chi connectivity index (χ1n) is 9.47. The van der Waals surface area contributed by atoms with Crippen molar-refractivity contribution in [2.45, 2.75) is 25.8 Å². The number of nitrogens with one attached hydrogen (secondary N) is 1. The van der Waals surface area contributed by atoms with Crippen molar-refractivity contribution in [1.29, 1.82) is 0 Å². The van der Waals surface area contributed by atoms with Gasteiger partial charge in [-0.1, -0.05) is 12.1 Å². The molecule has 1 fully saturated rings. The molecule has 1 aliphatic heterocycles. The Labute approximate surface area is 168 Å². The Kier molecular flexibility index (Phi) is 5.28. The highest BCUT2D eigenvalue weighted by Gasteiger charge is 2.21. The van der Waals surface area contributed by atoms with E-state index in [1.165, 1.54) is 12.1 Å². The van der Waals surface area contributed by atoms with Gasteiger partial charge in [0.05, 0.1) is 4.92 Å². The van der Waals surface area contributed by atoms with E-state index in [0.717, 1.165) is 43.4 Å². The number of nitrogens with zero attached hydrogens (tertiary/aromatic N) is 6. The highest BCUT2D eigenvalue weighted by Crippen LogP contribution is 2.24. The normalized spacial score (nSPS) is 14.6. The molecular weight excluding hydrogens is 370 g/mol. The lowest BCUT2D eigenvalue weighted by atomic mass is 10.1. The van der Waals surface area contributed by atoms with Gasteiger partial charge < -0.3 is 10.2 Å². The predicted molar refractivity (Wildman–Crippen MR) is 110 cm³/mol. The van der Waals surface area contributed by atoms with Crippen LogP contribution >= 0.6 is 0 Å². The number of rotatable bonds is 5. The monoisotopic (exact) mass is 391 g/mol. The molecule has 3 aromatic rings. The van der Waals surface area contributed by atoms with Crippen LogP contribution in [0.5, 0.6) is 0 Å². The SMILES string of the molecule is Cc1cc(NC2CCN(c3ncccn3)CC2)nc(-c2cccc([N+](=O)[O-])c2)n1. The molecule has 1 saturated heterocycles. The number of anilines is 2. The lowest BCUT2D eigenvalue weighted by Gasteiger charge is -2.32. The number of hydrogen-bond donors (Lipinski definition) is 1. The Hall–Kier alpha value is -3.62. The van der Waals surface area contributed by atoms with Crippen molar-refractivity contribution in [2.75, 3.05) is 23.3 Å². The number of benzene rings is 1. The maximum absolute atomic E-state index is 11.0. The fraction of sp³-hybridized carbons (Fsp3) is 0.300. The largest absolute Gasteiger partial charge is 0.367 e. The van der Waals surface area contributed by atoms with Gasteiger partial charge in [-0.15, -0.1) is 0 Å². The van der Waals surface area contributed by atoms with Crippen LogP contribution in [0.4, 0.5) is 17.5 Å². The second kappa shape index (κ2) is 8.17. The number of aromatic nitrogens is 4. The van der Waals surface area contributed by atoms with Crippen LogP contribution in [0.1, 0.15) is 18.5 Å². The molecule has 0 radical (unpaired) electrons. The second-order valence-corrected chi connectivity index (χ2v) is 6.98. The second-order valence-electron chi connectivity index (χ2n) is 6.98. The molecule has 1 aliphatic rings. The molecule has 0 bridgehead atoms. The standard InChI is InChI=1S/C20H21N7O2/c1-14-12-18(25-19(23-14)15-4-2-5-17(13-15)27(28)29)24-16-6-10-26(11-7-16)20-21-8-3-9-22-20/h2-5,8-9,12-13,16H,6-7,10-11H2,1H3,(H,23,24,25). The van der Waals surface area contributed by atoms with E-state index in [4.69, 9.17) is 0 Å². The van der Waals surface area contributed by atoms with Gasteiger partial charge in [-0.05, 0) is 25.8 Å². The van der Waals surface area contributed by atoms with Crippen LogP contribution in [0.2, 0.25) is 0 Å². The quantitative estimate of drug-likeness (QED) is 0.521. The zero-order valence-corrected chi connectivity index (χ0v) is 16.0. The van der Waals surface area contributed by atoms with E-state index in [1.54, 1.807) is 24.5 Å². The molecule has 0 saturated carbocycles. The minimum Gasteiger partial charge on any atom is -0.367 e. The van der Waals surface area contributed by atoms with Crippen molar-refractivity contribution in [1.82, 2.24) is 19.9 Å². The number of nitro benzene ring substituents is 1. The molecule has 0 unspecified atom stereocenters. The summed E-state index contributed by atoms with van der Waals surface area (Å²) in [5, 5.41) is 14.5. The molecule has 0 spiro atoms. The van der Waals surface area contributed by atoms with E-state index in [1.807, 2.05) is 19.1 Å². The third kappa shape index (κ3) is 4.45. The summed E-state index contributed by atoms with van der Waals surface area (Å²) in [5.41, 5.74) is 1.46. The summed E-state index contributed by atoms with van der Waals surface area (Å²) in [5.74, 6) is 1.97. The number of nitro groups is 1. The number of aryl methyl sites for hydroxylation is 1. The van der Waals surface area contributed by atoms with Gasteiger partial charge in [0.15, 0.2) is 5.82 Å². The fourth-order valence-electron chi connectivity index (χ4n) is 3.42. The maximum Gasteiger partial charge on any atom is 0.270 e. The van der Waals surface area contributed by atoms with Crippen molar-refractivity contribution in [3.05, 3.63) is 64.6 Å². The van der Waals surface area contributed by atoms with Crippen LogP contribution < -0.4 is 10.2 Å². The first-order valence-corrected chi connectivity index (χ1v) is 9.47. The van der Waals surface area contributed by atoms with Crippen molar-refractivity contribution < 1.29 is 4.92 Å². The van der Waals surface area contributed by atoms with Gasteiger partial charge in [-0.3, -0.25) is 10.1 Å². The van der Waals surface area contributed by atoms with Crippen molar-refractivity contribution in [3.8, 4) is 11.4 Å². The molecule has 2 aromatic heterocycles. The minimum atomic E-state index is -0.414. The number of non-ortho nitro benzene ring substituents is 1. The Bertz CT molecular complexity index is 1000. The van der Waals surface area contributed by atoms with Gasteiger partial charge in [-0.25, -0.2) is 19.9 Å². The van der Waals surface area contributed by atoms with Gasteiger partial charge in [0.1, 0.15) is 5.82 Å². The average molecular weight is 391 g/mol. The summed E-state index contributed by atoms with van der Waals surface area (Å²) < 4.78 is 0. The zero-order valence-electron chi connectivity index (χ0n) is 16.0.